The highest BCUT2D eigenvalue weighted by atomic mass is 32.1. The van der Waals surface area contributed by atoms with Gasteiger partial charge in [-0.3, -0.25) is 15.6 Å². The normalized spacial score (nSPS) is 12.7. The van der Waals surface area contributed by atoms with Crippen LogP contribution in [0.4, 0.5) is 10.8 Å². The van der Waals surface area contributed by atoms with Gasteiger partial charge in [0.1, 0.15) is 13.2 Å². The first-order chi connectivity index (χ1) is 12.6. The molecular formula is C18H18N4O3S. The van der Waals surface area contributed by atoms with E-state index in [1.807, 2.05) is 43.3 Å². The number of nitrogens with one attached hydrogen (secondary N) is 2. The van der Waals surface area contributed by atoms with Gasteiger partial charge in [0.2, 0.25) is 5.13 Å². The molecule has 0 saturated heterocycles. The number of thiazole rings is 1. The molecule has 4 rings (SSSR count). The van der Waals surface area contributed by atoms with Crippen LogP contribution in [0.25, 0.3) is 10.2 Å². The SMILES string of the molecule is CN(C)c1ccc(C(=O)NNc2nc3cc4c(cc3s2)OCCO4)cc1. The van der Waals surface area contributed by atoms with Crippen LogP contribution < -0.4 is 25.2 Å². The number of amides is 1. The fourth-order valence-corrected chi connectivity index (χ4v) is 3.44. The van der Waals surface area contributed by atoms with Gasteiger partial charge in [0.25, 0.3) is 5.91 Å². The summed E-state index contributed by atoms with van der Waals surface area (Å²) in [7, 11) is 3.91. The molecule has 7 nitrogen and oxygen atoms in total. The molecule has 0 bridgehead atoms. The van der Waals surface area contributed by atoms with Crippen molar-refractivity contribution in [1.82, 2.24) is 10.4 Å². The Morgan fingerprint density at radius 2 is 1.81 bits per heavy atom. The molecule has 1 amide bonds. The second-order valence-electron chi connectivity index (χ2n) is 6.00. The summed E-state index contributed by atoms with van der Waals surface area (Å²) in [6.45, 7) is 1.08. The summed E-state index contributed by atoms with van der Waals surface area (Å²) in [5.74, 6) is 1.20. The molecule has 0 fully saturated rings. The van der Waals surface area contributed by atoms with Crippen LogP contribution in [0.2, 0.25) is 0 Å². The summed E-state index contributed by atoms with van der Waals surface area (Å²) < 4.78 is 12.1. The van der Waals surface area contributed by atoms with Crippen molar-refractivity contribution in [1.29, 1.82) is 0 Å². The molecule has 1 aromatic heterocycles. The molecule has 8 heteroatoms. The van der Waals surface area contributed by atoms with E-state index in [0.29, 0.717) is 29.7 Å². The number of hydrogen-bond donors (Lipinski definition) is 2. The van der Waals surface area contributed by atoms with Crippen molar-refractivity contribution in [3.8, 4) is 11.5 Å². The quantitative estimate of drug-likeness (QED) is 0.688. The number of carbonyl (C=O) groups excluding carboxylic acids is 1. The Hall–Kier alpha value is -3.00. The molecule has 2 aromatic carbocycles. The lowest BCUT2D eigenvalue weighted by Crippen LogP contribution is -2.29. The van der Waals surface area contributed by atoms with Gasteiger partial charge in [0, 0.05) is 37.5 Å². The maximum atomic E-state index is 12.3. The van der Waals surface area contributed by atoms with Gasteiger partial charge in [-0.15, -0.1) is 0 Å². The molecule has 26 heavy (non-hydrogen) atoms. The van der Waals surface area contributed by atoms with Gasteiger partial charge in [0.05, 0.1) is 10.2 Å². The first-order valence-electron chi connectivity index (χ1n) is 8.14. The molecule has 2 N–H and O–H groups in total. The molecule has 3 aromatic rings. The molecule has 134 valence electrons. The Balaban J connectivity index is 1.46. The number of nitrogens with zero attached hydrogens (tertiary/aromatic N) is 2. The molecule has 0 radical (unpaired) electrons. The Morgan fingerprint density at radius 1 is 1.12 bits per heavy atom. The highest BCUT2D eigenvalue weighted by Crippen LogP contribution is 2.37. The van der Waals surface area contributed by atoms with Crippen molar-refractivity contribution < 1.29 is 14.3 Å². The van der Waals surface area contributed by atoms with Crippen molar-refractivity contribution in [2.75, 3.05) is 37.6 Å². The van der Waals surface area contributed by atoms with Crippen LogP contribution in [0.1, 0.15) is 10.4 Å². The smallest absolute Gasteiger partial charge is 0.269 e. The summed E-state index contributed by atoms with van der Waals surface area (Å²) in [6.07, 6.45) is 0. The largest absolute Gasteiger partial charge is 0.486 e. The predicted octanol–water partition coefficient (Wildman–Crippen LogP) is 2.89. The monoisotopic (exact) mass is 370 g/mol. The van der Waals surface area contributed by atoms with Crippen LogP contribution in [0.15, 0.2) is 36.4 Å². The van der Waals surface area contributed by atoms with Crippen molar-refractivity contribution in [2.24, 2.45) is 0 Å². The lowest BCUT2D eigenvalue weighted by atomic mass is 10.2. The number of carbonyl (C=O) groups is 1. The van der Waals surface area contributed by atoms with Crippen LogP contribution in [0, 0.1) is 0 Å². The summed E-state index contributed by atoms with van der Waals surface area (Å²) in [4.78, 5) is 18.7. The minimum atomic E-state index is -0.222. The van der Waals surface area contributed by atoms with E-state index in [0.717, 1.165) is 21.7 Å². The average Bonchev–Trinajstić information content (AvgIpc) is 3.05. The third kappa shape index (κ3) is 3.23. The molecule has 0 unspecified atom stereocenters. The van der Waals surface area contributed by atoms with Crippen LogP contribution >= 0.6 is 11.3 Å². The van der Waals surface area contributed by atoms with Crippen LogP contribution in [0.5, 0.6) is 11.5 Å². The average molecular weight is 370 g/mol. The molecular weight excluding hydrogens is 352 g/mol. The van der Waals surface area contributed by atoms with Crippen molar-refractivity contribution in [2.45, 2.75) is 0 Å². The highest BCUT2D eigenvalue weighted by molar-refractivity contribution is 7.22. The zero-order chi connectivity index (χ0) is 18.1. The van der Waals surface area contributed by atoms with E-state index >= 15 is 0 Å². The van der Waals surface area contributed by atoms with E-state index in [1.54, 1.807) is 12.1 Å². The van der Waals surface area contributed by atoms with Crippen molar-refractivity contribution in [3.63, 3.8) is 0 Å². The van der Waals surface area contributed by atoms with Gasteiger partial charge in [-0.1, -0.05) is 11.3 Å². The topological polar surface area (TPSA) is 75.7 Å². The number of anilines is 2. The molecule has 0 aliphatic carbocycles. The van der Waals surface area contributed by atoms with Gasteiger partial charge in [-0.25, -0.2) is 4.98 Å². The maximum Gasteiger partial charge on any atom is 0.269 e. The zero-order valence-electron chi connectivity index (χ0n) is 14.4. The third-order valence-electron chi connectivity index (χ3n) is 3.98. The molecule has 1 aliphatic rings. The van der Waals surface area contributed by atoms with Crippen molar-refractivity contribution >= 4 is 38.3 Å². The standard InChI is InChI=1S/C18H18N4O3S/c1-22(2)12-5-3-11(4-6-12)17(23)20-21-18-19-13-9-14-15(10-16(13)26-18)25-8-7-24-14/h3-6,9-10H,7-8H2,1-2H3,(H,19,21)(H,20,23). The Kier molecular flexibility index (Phi) is 4.26. The molecule has 1 aliphatic heterocycles. The number of ether oxygens (including phenoxy) is 2. The highest BCUT2D eigenvalue weighted by Gasteiger charge is 2.15. The number of rotatable bonds is 4. The van der Waals surface area contributed by atoms with Gasteiger partial charge >= 0.3 is 0 Å². The second kappa shape index (κ2) is 6.72. The summed E-state index contributed by atoms with van der Waals surface area (Å²) in [6, 6.07) is 11.1. The molecule has 0 spiro atoms. The van der Waals surface area contributed by atoms with Gasteiger partial charge in [-0.05, 0) is 24.3 Å². The van der Waals surface area contributed by atoms with Gasteiger partial charge in [-0.2, -0.15) is 0 Å². The number of hydrogen-bond acceptors (Lipinski definition) is 7. The predicted molar refractivity (Wildman–Crippen MR) is 102 cm³/mol. The summed E-state index contributed by atoms with van der Waals surface area (Å²) in [5.41, 5.74) is 7.96. The lowest BCUT2D eigenvalue weighted by Gasteiger charge is -2.17. The lowest BCUT2D eigenvalue weighted by molar-refractivity contribution is 0.0962. The van der Waals surface area contributed by atoms with E-state index < -0.39 is 0 Å². The van der Waals surface area contributed by atoms with E-state index in [9.17, 15) is 4.79 Å². The van der Waals surface area contributed by atoms with E-state index in [4.69, 9.17) is 9.47 Å². The van der Waals surface area contributed by atoms with Crippen LogP contribution in [0.3, 0.4) is 0 Å². The minimum Gasteiger partial charge on any atom is -0.486 e. The second-order valence-corrected chi connectivity index (χ2v) is 7.03. The molecule has 0 saturated carbocycles. The number of benzene rings is 2. The third-order valence-corrected chi connectivity index (χ3v) is 4.91. The first kappa shape index (κ1) is 16.5. The maximum absolute atomic E-state index is 12.3. The van der Waals surface area contributed by atoms with Gasteiger partial charge in [0.15, 0.2) is 11.5 Å². The molecule has 2 heterocycles. The van der Waals surface area contributed by atoms with E-state index in [-0.39, 0.29) is 5.91 Å². The van der Waals surface area contributed by atoms with E-state index in [1.165, 1.54) is 11.3 Å². The Morgan fingerprint density at radius 3 is 2.50 bits per heavy atom. The van der Waals surface area contributed by atoms with Gasteiger partial charge < -0.3 is 14.4 Å². The zero-order valence-corrected chi connectivity index (χ0v) is 15.2. The fourth-order valence-electron chi connectivity index (χ4n) is 2.61. The number of aromatic nitrogens is 1. The Labute approximate surface area is 154 Å². The number of hydrazine groups is 1. The van der Waals surface area contributed by atoms with E-state index in [2.05, 4.69) is 15.8 Å². The van der Waals surface area contributed by atoms with Crippen LogP contribution in [-0.2, 0) is 0 Å². The summed E-state index contributed by atoms with van der Waals surface area (Å²) >= 11 is 1.43. The Bertz CT molecular complexity index is 910. The van der Waals surface area contributed by atoms with Crippen LogP contribution in [-0.4, -0.2) is 38.2 Å². The summed E-state index contributed by atoms with van der Waals surface area (Å²) in [5, 5.41) is 0.598. The molecule has 0 atom stereocenters. The first-order valence-corrected chi connectivity index (χ1v) is 8.96. The van der Waals surface area contributed by atoms with Crippen molar-refractivity contribution in [3.05, 3.63) is 42.0 Å². The number of fused-ring (bicyclic) bond motifs is 2. The fraction of sp³-hybridized carbons (Fsp3) is 0.222. The minimum absolute atomic E-state index is 0.222.